The van der Waals surface area contributed by atoms with Crippen LogP contribution in [0.25, 0.3) is 0 Å². The van der Waals surface area contributed by atoms with E-state index in [4.69, 9.17) is 0 Å². The first kappa shape index (κ1) is 15.6. The van der Waals surface area contributed by atoms with Gasteiger partial charge in [0.1, 0.15) is 0 Å². The summed E-state index contributed by atoms with van der Waals surface area (Å²) in [5, 5.41) is 3.18. The summed E-state index contributed by atoms with van der Waals surface area (Å²) in [4.78, 5) is 12.6. The van der Waals surface area contributed by atoms with E-state index in [-0.39, 0.29) is 0 Å². The van der Waals surface area contributed by atoms with Crippen molar-refractivity contribution in [2.24, 2.45) is 0 Å². The number of nitrogens with one attached hydrogen (secondary N) is 1. The number of nitrogens with zero attached hydrogens (tertiary/aromatic N) is 3. The minimum Gasteiger partial charge on any atom is -0.388 e. The van der Waals surface area contributed by atoms with Crippen LogP contribution in [0, 0.1) is 13.8 Å². The number of benzene rings is 1. The van der Waals surface area contributed by atoms with Gasteiger partial charge in [0, 0.05) is 35.6 Å². The molecular weight excluding hydrogens is 280 g/mol. The van der Waals surface area contributed by atoms with E-state index in [1.807, 2.05) is 27.0 Å². The number of hydrogen-bond acceptors (Lipinski definition) is 5. The van der Waals surface area contributed by atoms with Crippen molar-refractivity contribution in [2.75, 3.05) is 30.1 Å². The summed E-state index contributed by atoms with van der Waals surface area (Å²) in [6.45, 7) is 6.96. The molecule has 1 aromatic heterocycles. The van der Waals surface area contributed by atoms with Crippen LogP contribution < -0.4 is 10.2 Å². The van der Waals surface area contributed by atoms with E-state index in [0.717, 1.165) is 35.3 Å². The van der Waals surface area contributed by atoms with Gasteiger partial charge in [0.15, 0.2) is 0 Å². The molecule has 0 saturated carbocycles. The number of anilines is 3. The lowest BCUT2D eigenvalue weighted by atomic mass is 10.2. The predicted octanol–water partition coefficient (Wildman–Crippen LogP) is 4.02. The van der Waals surface area contributed by atoms with Crippen LogP contribution in [0.4, 0.5) is 17.3 Å². The number of thioether (sulfide) groups is 1. The SMILES string of the molecule is CCN(c1nc(C)cc(C)n1)c1ccc(NC)cc1SC. The lowest BCUT2D eigenvalue weighted by Crippen LogP contribution is -2.20. The smallest absolute Gasteiger partial charge is 0.230 e. The summed E-state index contributed by atoms with van der Waals surface area (Å²) in [5.74, 6) is 0.766. The van der Waals surface area contributed by atoms with Gasteiger partial charge in [0.2, 0.25) is 5.95 Å². The Morgan fingerprint density at radius 1 is 1.14 bits per heavy atom. The Kier molecular flexibility index (Phi) is 5.07. The highest BCUT2D eigenvalue weighted by atomic mass is 32.2. The number of aromatic nitrogens is 2. The average molecular weight is 302 g/mol. The van der Waals surface area contributed by atoms with E-state index in [2.05, 4.69) is 51.6 Å². The van der Waals surface area contributed by atoms with Crippen LogP contribution in [0.3, 0.4) is 0 Å². The second-order valence-corrected chi connectivity index (χ2v) is 5.68. The second kappa shape index (κ2) is 6.80. The van der Waals surface area contributed by atoms with Gasteiger partial charge in [0.25, 0.3) is 0 Å². The van der Waals surface area contributed by atoms with Crippen LogP contribution in [0.5, 0.6) is 0 Å². The molecule has 0 bridgehead atoms. The molecule has 0 radical (unpaired) electrons. The predicted molar refractivity (Wildman–Crippen MR) is 92.0 cm³/mol. The van der Waals surface area contributed by atoms with Gasteiger partial charge in [-0.05, 0) is 51.3 Å². The van der Waals surface area contributed by atoms with E-state index in [9.17, 15) is 0 Å². The van der Waals surface area contributed by atoms with Crippen molar-refractivity contribution in [1.29, 1.82) is 0 Å². The third-order valence-corrected chi connectivity index (χ3v) is 4.05. The van der Waals surface area contributed by atoms with Crippen molar-refractivity contribution in [2.45, 2.75) is 25.7 Å². The molecule has 0 unspecified atom stereocenters. The van der Waals surface area contributed by atoms with Crippen LogP contribution in [0.1, 0.15) is 18.3 Å². The molecular formula is C16H22N4S. The van der Waals surface area contributed by atoms with Gasteiger partial charge in [-0.1, -0.05) is 0 Å². The Labute approximate surface area is 131 Å². The van der Waals surface area contributed by atoms with Gasteiger partial charge in [-0.25, -0.2) is 9.97 Å². The summed E-state index contributed by atoms with van der Waals surface area (Å²) in [7, 11) is 1.93. The highest BCUT2D eigenvalue weighted by molar-refractivity contribution is 7.98. The maximum Gasteiger partial charge on any atom is 0.230 e. The van der Waals surface area contributed by atoms with E-state index >= 15 is 0 Å². The molecule has 21 heavy (non-hydrogen) atoms. The first-order chi connectivity index (χ1) is 10.1. The van der Waals surface area contributed by atoms with Gasteiger partial charge in [-0.15, -0.1) is 11.8 Å². The Morgan fingerprint density at radius 3 is 2.33 bits per heavy atom. The molecule has 1 aromatic carbocycles. The molecule has 0 aliphatic carbocycles. The highest BCUT2D eigenvalue weighted by Gasteiger charge is 2.15. The standard InChI is InChI=1S/C16H22N4S/c1-6-20(16-18-11(2)9-12(3)19-16)14-8-7-13(17-4)10-15(14)21-5/h7-10,17H,6H2,1-5H3. The third-order valence-electron chi connectivity index (χ3n) is 3.29. The molecule has 2 rings (SSSR count). The zero-order valence-corrected chi connectivity index (χ0v) is 14.1. The van der Waals surface area contributed by atoms with Gasteiger partial charge in [-0.2, -0.15) is 0 Å². The molecule has 0 atom stereocenters. The van der Waals surface area contributed by atoms with E-state index in [1.54, 1.807) is 11.8 Å². The van der Waals surface area contributed by atoms with Crippen LogP contribution in [-0.2, 0) is 0 Å². The Bertz CT molecular complexity index is 607. The summed E-state index contributed by atoms with van der Waals surface area (Å²) >= 11 is 1.73. The molecule has 5 heteroatoms. The van der Waals surface area contributed by atoms with Crippen LogP contribution in [0.2, 0.25) is 0 Å². The first-order valence-electron chi connectivity index (χ1n) is 7.04. The molecule has 1 heterocycles. The normalized spacial score (nSPS) is 10.5. The van der Waals surface area contributed by atoms with Gasteiger partial charge in [0.05, 0.1) is 5.69 Å². The topological polar surface area (TPSA) is 41.1 Å². The fraction of sp³-hybridized carbons (Fsp3) is 0.375. The van der Waals surface area contributed by atoms with E-state index in [0.29, 0.717) is 0 Å². The molecule has 2 aromatic rings. The monoisotopic (exact) mass is 302 g/mol. The summed E-state index contributed by atoms with van der Waals surface area (Å²) in [5.41, 5.74) is 4.25. The fourth-order valence-electron chi connectivity index (χ4n) is 2.30. The average Bonchev–Trinajstić information content (AvgIpc) is 2.47. The van der Waals surface area contributed by atoms with Gasteiger partial charge < -0.3 is 10.2 Å². The minimum atomic E-state index is 0.766. The van der Waals surface area contributed by atoms with Crippen molar-refractivity contribution in [3.8, 4) is 0 Å². The van der Waals surface area contributed by atoms with Gasteiger partial charge in [-0.3, -0.25) is 0 Å². The number of hydrogen-bond donors (Lipinski definition) is 1. The molecule has 0 fully saturated rings. The van der Waals surface area contributed by atoms with Crippen molar-refractivity contribution >= 4 is 29.1 Å². The zero-order valence-electron chi connectivity index (χ0n) is 13.3. The third kappa shape index (κ3) is 3.47. The molecule has 112 valence electrons. The molecule has 0 saturated heterocycles. The van der Waals surface area contributed by atoms with Crippen molar-refractivity contribution < 1.29 is 0 Å². The van der Waals surface area contributed by atoms with Crippen molar-refractivity contribution in [3.63, 3.8) is 0 Å². The Morgan fingerprint density at radius 2 is 1.81 bits per heavy atom. The Hall–Kier alpha value is -1.75. The molecule has 0 aliphatic rings. The second-order valence-electron chi connectivity index (χ2n) is 4.83. The molecule has 0 aliphatic heterocycles. The maximum atomic E-state index is 4.59. The molecule has 4 nitrogen and oxygen atoms in total. The quantitative estimate of drug-likeness (QED) is 0.845. The van der Waals surface area contributed by atoms with Gasteiger partial charge >= 0.3 is 0 Å². The number of rotatable bonds is 5. The van der Waals surface area contributed by atoms with Crippen molar-refractivity contribution in [1.82, 2.24) is 9.97 Å². The lowest BCUT2D eigenvalue weighted by Gasteiger charge is -2.24. The maximum absolute atomic E-state index is 4.59. The summed E-state index contributed by atoms with van der Waals surface area (Å²) in [6, 6.07) is 8.37. The van der Waals surface area contributed by atoms with Crippen LogP contribution in [0.15, 0.2) is 29.2 Å². The molecule has 0 spiro atoms. The number of aryl methyl sites for hydroxylation is 2. The zero-order chi connectivity index (χ0) is 15.4. The first-order valence-corrected chi connectivity index (χ1v) is 8.27. The summed E-state index contributed by atoms with van der Waals surface area (Å²) < 4.78 is 0. The fourth-order valence-corrected chi connectivity index (χ4v) is 2.94. The van der Waals surface area contributed by atoms with Crippen LogP contribution in [-0.4, -0.2) is 29.8 Å². The largest absolute Gasteiger partial charge is 0.388 e. The van der Waals surface area contributed by atoms with E-state index < -0.39 is 0 Å². The van der Waals surface area contributed by atoms with E-state index in [1.165, 1.54) is 4.90 Å². The molecule has 1 N–H and O–H groups in total. The minimum absolute atomic E-state index is 0.766. The summed E-state index contributed by atoms with van der Waals surface area (Å²) in [6.07, 6.45) is 2.09. The molecule has 0 amide bonds. The van der Waals surface area contributed by atoms with Crippen molar-refractivity contribution in [3.05, 3.63) is 35.7 Å². The Balaban J connectivity index is 2.50. The van der Waals surface area contributed by atoms with Crippen LogP contribution >= 0.6 is 11.8 Å². The lowest BCUT2D eigenvalue weighted by molar-refractivity contribution is 0.911. The highest BCUT2D eigenvalue weighted by Crippen LogP contribution is 2.34.